The fourth-order valence-electron chi connectivity index (χ4n) is 3.26. The van der Waals surface area contributed by atoms with Crippen LogP contribution in [0.1, 0.15) is 12.6 Å². The maximum Gasteiger partial charge on any atom is 0.246 e. The Bertz CT molecular complexity index is 948. The molecular weight excluding hydrogens is 409 g/mol. The molecule has 1 aliphatic heterocycles. The monoisotopic (exact) mass is 433 g/mol. The Hall–Kier alpha value is -3.01. The lowest BCUT2D eigenvalue weighted by molar-refractivity contribution is -0.150. The van der Waals surface area contributed by atoms with E-state index in [1.807, 2.05) is 0 Å². The van der Waals surface area contributed by atoms with Gasteiger partial charge < -0.3 is 20.0 Å². The van der Waals surface area contributed by atoms with Gasteiger partial charge in [-0.3, -0.25) is 14.4 Å². The molecule has 1 saturated heterocycles. The number of carbonyl (C=O) groups excluding carboxylic acids is 3. The molecule has 0 spiro atoms. The first-order chi connectivity index (χ1) is 14.3. The highest BCUT2D eigenvalue weighted by atomic mass is 32.1. The van der Waals surface area contributed by atoms with Crippen molar-refractivity contribution >= 4 is 39.9 Å². The largest absolute Gasteiger partial charge is 0.347 e. The van der Waals surface area contributed by atoms with E-state index in [4.69, 9.17) is 0 Å². The lowest BCUT2D eigenvalue weighted by atomic mass is 10.1. The minimum absolute atomic E-state index is 0.0206. The van der Waals surface area contributed by atoms with Gasteiger partial charge in [-0.05, 0) is 12.1 Å². The van der Waals surface area contributed by atoms with E-state index in [0.29, 0.717) is 23.1 Å². The van der Waals surface area contributed by atoms with Gasteiger partial charge in [0.05, 0.1) is 24.3 Å². The molecule has 1 atom stereocenters. The van der Waals surface area contributed by atoms with Crippen molar-refractivity contribution in [2.24, 2.45) is 0 Å². The van der Waals surface area contributed by atoms with Crippen molar-refractivity contribution in [3.8, 4) is 0 Å². The van der Waals surface area contributed by atoms with Crippen LogP contribution in [0.25, 0.3) is 0 Å². The average molecular weight is 434 g/mol. The highest BCUT2D eigenvalue weighted by Gasteiger charge is 2.37. The van der Waals surface area contributed by atoms with Crippen LogP contribution in [0, 0.1) is 5.82 Å². The first-order valence-electron chi connectivity index (χ1n) is 9.48. The molecule has 3 rings (SSSR count). The average Bonchev–Trinajstić information content (AvgIpc) is 3.15. The van der Waals surface area contributed by atoms with E-state index in [9.17, 15) is 18.8 Å². The molecule has 1 aromatic carbocycles. The number of amides is 3. The topological polar surface area (TPSA) is 85.9 Å². The summed E-state index contributed by atoms with van der Waals surface area (Å²) in [4.78, 5) is 46.2. The van der Waals surface area contributed by atoms with Gasteiger partial charge in [-0.25, -0.2) is 9.37 Å². The summed E-state index contributed by atoms with van der Waals surface area (Å²) >= 11 is 1.27. The van der Waals surface area contributed by atoms with Gasteiger partial charge >= 0.3 is 0 Å². The van der Waals surface area contributed by atoms with Crippen molar-refractivity contribution < 1.29 is 18.8 Å². The Morgan fingerprint density at radius 3 is 2.67 bits per heavy atom. The molecule has 0 unspecified atom stereocenters. The van der Waals surface area contributed by atoms with Gasteiger partial charge in [0, 0.05) is 39.5 Å². The molecule has 1 aromatic heterocycles. The highest BCUT2D eigenvalue weighted by Crippen LogP contribution is 2.24. The number of carbonyl (C=O) groups is 3. The summed E-state index contributed by atoms with van der Waals surface area (Å²) in [7, 11) is 3.25. The molecule has 0 aliphatic carbocycles. The van der Waals surface area contributed by atoms with Gasteiger partial charge in [-0.15, -0.1) is 11.3 Å². The van der Waals surface area contributed by atoms with Crippen molar-refractivity contribution in [2.75, 3.05) is 39.0 Å². The fraction of sp³-hybridized carbons (Fsp3) is 0.400. The zero-order chi connectivity index (χ0) is 21.8. The summed E-state index contributed by atoms with van der Waals surface area (Å²) in [6.07, 6.45) is 0.0206. The first kappa shape index (κ1) is 21.7. The van der Waals surface area contributed by atoms with Crippen LogP contribution in [0.15, 0.2) is 29.6 Å². The number of anilines is 2. The number of benzene rings is 1. The van der Waals surface area contributed by atoms with E-state index in [1.165, 1.54) is 34.1 Å². The van der Waals surface area contributed by atoms with E-state index < -0.39 is 11.9 Å². The number of thiazole rings is 1. The maximum atomic E-state index is 13.8. The van der Waals surface area contributed by atoms with Crippen LogP contribution in [0.2, 0.25) is 0 Å². The van der Waals surface area contributed by atoms with Crippen molar-refractivity contribution in [3.63, 3.8) is 0 Å². The van der Waals surface area contributed by atoms with Gasteiger partial charge in [-0.1, -0.05) is 12.1 Å². The molecular formula is C20H24FN5O3S. The summed E-state index contributed by atoms with van der Waals surface area (Å²) in [5, 5.41) is 5.12. The van der Waals surface area contributed by atoms with Gasteiger partial charge in [0.2, 0.25) is 17.7 Å². The van der Waals surface area contributed by atoms with E-state index in [2.05, 4.69) is 10.3 Å². The minimum Gasteiger partial charge on any atom is -0.347 e. The van der Waals surface area contributed by atoms with Gasteiger partial charge in [0.15, 0.2) is 5.13 Å². The van der Waals surface area contributed by atoms with Gasteiger partial charge in [0.1, 0.15) is 11.9 Å². The summed E-state index contributed by atoms with van der Waals surface area (Å²) in [5.41, 5.74) is 0.843. The number of hydrogen-bond donors (Lipinski definition) is 1. The zero-order valence-corrected chi connectivity index (χ0v) is 17.9. The summed E-state index contributed by atoms with van der Waals surface area (Å²) < 4.78 is 13.8. The second-order valence-corrected chi connectivity index (χ2v) is 8.08. The van der Waals surface area contributed by atoms with Crippen LogP contribution in [0.3, 0.4) is 0 Å². The van der Waals surface area contributed by atoms with Crippen LogP contribution in [-0.2, 0) is 20.8 Å². The Labute approximate surface area is 178 Å². The third-order valence-electron chi connectivity index (χ3n) is 4.87. The number of piperazine rings is 1. The number of rotatable bonds is 5. The van der Waals surface area contributed by atoms with Crippen molar-refractivity contribution in [3.05, 3.63) is 41.2 Å². The third-order valence-corrected chi connectivity index (χ3v) is 5.68. The predicted octanol–water partition coefficient (Wildman–Crippen LogP) is 1.72. The molecule has 10 heteroatoms. The Balaban J connectivity index is 1.69. The number of halogens is 1. The normalized spacial score (nSPS) is 16.3. The number of para-hydroxylation sites is 1. The van der Waals surface area contributed by atoms with Crippen LogP contribution in [0.4, 0.5) is 15.2 Å². The van der Waals surface area contributed by atoms with Crippen molar-refractivity contribution in [1.82, 2.24) is 19.7 Å². The lowest BCUT2D eigenvalue weighted by Gasteiger charge is -2.41. The molecule has 1 aliphatic rings. The molecule has 0 saturated carbocycles. The quantitative estimate of drug-likeness (QED) is 0.776. The second kappa shape index (κ2) is 9.21. The number of hydrogen-bond acceptors (Lipinski definition) is 6. The molecule has 2 heterocycles. The number of aromatic nitrogens is 1. The Morgan fingerprint density at radius 1 is 1.27 bits per heavy atom. The zero-order valence-electron chi connectivity index (χ0n) is 17.1. The molecule has 1 N–H and O–H groups in total. The Kier molecular flexibility index (Phi) is 6.66. The van der Waals surface area contributed by atoms with Crippen LogP contribution < -0.4 is 5.32 Å². The number of likely N-dealkylation sites (N-methyl/N-ethyl adjacent to an activating group) is 1. The smallest absolute Gasteiger partial charge is 0.246 e. The van der Waals surface area contributed by atoms with Crippen LogP contribution >= 0.6 is 11.3 Å². The van der Waals surface area contributed by atoms with Gasteiger partial charge in [0.25, 0.3) is 0 Å². The third kappa shape index (κ3) is 4.93. The molecule has 8 nitrogen and oxygen atoms in total. The molecule has 0 radical (unpaired) electrons. The SMILES string of the molecule is CC(=O)N1CCN(C(=O)Cc2csc(Nc3ccccc3F)n2)[C@@H](C(=O)N(C)C)C1. The molecule has 1 fully saturated rings. The predicted molar refractivity (Wildman–Crippen MR) is 112 cm³/mol. The second-order valence-electron chi connectivity index (χ2n) is 7.23. The first-order valence-corrected chi connectivity index (χ1v) is 10.4. The summed E-state index contributed by atoms with van der Waals surface area (Å²) in [6.45, 7) is 2.30. The molecule has 0 bridgehead atoms. The van der Waals surface area contributed by atoms with Crippen molar-refractivity contribution in [2.45, 2.75) is 19.4 Å². The molecule has 30 heavy (non-hydrogen) atoms. The Morgan fingerprint density at radius 2 is 2.00 bits per heavy atom. The summed E-state index contributed by atoms with van der Waals surface area (Å²) in [5.74, 6) is -0.976. The van der Waals surface area contributed by atoms with E-state index in [-0.39, 0.29) is 37.2 Å². The fourth-order valence-corrected chi connectivity index (χ4v) is 3.98. The summed E-state index contributed by atoms with van der Waals surface area (Å²) in [6, 6.07) is 5.55. The number of nitrogens with one attached hydrogen (secondary N) is 1. The number of nitrogens with zero attached hydrogens (tertiary/aromatic N) is 4. The maximum absolute atomic E-state index is 13.8. The van der Waals surface area contributed by atoms with Gasteiger partial charge in [-0.2, -0.15) is 0 Å². The van der Waals surface area contributed by atoms with Crippen LogP contribution in [-0.4, -0.2) is 77.2 Å². The molecule has 160 valence electrons. The molecule has 3 amide bonds. The molecule has 2 aromatic rings. The lowest BCUT2D eigenvalue weighted by Crippen LogP contribution is -2.61. The van der Waals surface area contributed by atoms with E-state index in [0.717, 1.165) is 0 Å². The minimum atomic E-state index is -0.722. The van der Waals surface area contributed by atoms with Crippen molar-refractivity contribution in [1.29, 1.82) is 0 Å². The standard InChI is InChI=1S/C20H24FN5O3S/c1-13(27)25-8-9-26(17(11-25)19(29)24(2)3)18(28)10-14-12-30-20(22-14)23-16-7-5-4-6-15(16)21/h4-7,12,17H,8-11H2,1-3H3,(H,22,23)/t17-/m1/s1. The highest BCUT2D eigenvalue weighted by molar-refractivity contribution is 7.13. The van der Waals surface area contributed by atoms with Crippen LogP contribution in [0.5, 0.6) is 0 Å². The van der Waals surface area contributed by atoms with E-state index >= 15 is 0 Å². The van der Waals surface area contributed by atoms with E-state index in [1.54, 1.807) is 42.6 Å².